The number of amides is 1. The monoisotopic (exact) mass is 222 g/mol. The highest BCUT2D eigenvalue weighted by Crippen LogP contribution is 2.27. The summed E-state index contributed by atoms with van der Waals surface area (Å²) in [7, 11) is 0. The smallest absolute Gasteiger partial charge is 0.227 e. The Kier molecular flexibility index (Phi) is 3.08. The van der Waals surface area contributed by atoms with Gasteiger partial charge in [-0.05, 0) is 31.0 Å². The molecule has 1 aliphatic rings. The second kappa shape index (κ2) is 4.51. The number of anilines is 2. The van der Waals surface area contributed by atoms with Gasteiger partial charge in [0.05, 0.1) is 11.4 Å². The van der Waals surface area contributed by atoms with E-state index in [0.717, 1.165) is 19.3 Å². The van der Waals surface area contributed by atoms with E-state index in [9.17, 15) is 9.18 Å². The molecule has 0 atom stereocenters. The Morgan fingerprint density at radius 3 is 2.88 bits per heavy atom. The molecule has 0 spiro atoms. The topological polar surface area (TPSA) is 46.3 Å². The first-order valence-corrected chi connectivity index (χ1v) is 5.54. The number of hydrogen-bond acceptors (Lipinski definition) is 2. The zero-order valence-corrected chi connectivity index (χ0v) is 9.08. The molecular formula is C12H15FN2O. The van der Waals surface area contributed by atoms with Crippen LogP contribution < -0.4 is 10.6 Å². The first kappa shape index (κ1) is 10.9. The molecule has 0 bridgehead atoms. The predicted molar refractivity (Wildman–Crippen MR) is 61.6 cm³/mol. The average molecular weight is 222 g/mol. The molecule has 86 valence electrons. The van der Waals surface area contributed by atoms with Crippen molar-refractivity contribution in [2.75, 3.05) is 17.2 Å². The molecule has 0 aliphatic carbocycles. The van der Waals surface area contributed by atoms with Gasteiger partial charge in [-0.1, -0.05) is 6.42 Å². The number of rotatable bonds is 1. The molecule has 0 unspecified atom stereocenters. The molecule has 1 aliphatic heterocycles. The van der Waals surface area contributed by atoms with Crippen molar-refractivity contribution in [3.63, 3.8) is 0 Å². The minimum atomic E-state index is -0.360. The number of nitrogens with zero attached hydrogens (tertiary/aromatic N) is 1. The number of halogens is 1. The molecule has 2 N–H and O–H groups in total. The molecule has 1 aromatic rings. The molecule has 1 heterocycles. The molecule has 4 heteroatoms. The largest absolute Gasteiger partial charge is 0.397 e. The van der Waals surface area contributed by atoms with E-state index in [-0.39, 0.29) is 11.7 Å². The number of nitrogens with two attached hydrogens (primary N) is 1. The summed E-state index contributed by atoms with van der Waals surface area (Å²) in [5.74, 6) is -0.323. The molecule has 1 saturated heterocycles. The van der Waals surface area contributed by atoms with E-state index in [1.807, 2.05) is 0 Å². The summed E-state index contributed by atoms with van der Waals surface area (Å²) < 4.78 is 13.1. The maximum Gasteiger partial charge on any atom is 0.227 e. The fourth-order valence-electron chi connectivity index (χ4n) is 1.99. The van der Waals surface area contributed by atoms with Crippen molar-refractivity contribution in [2.45, 2.75) is 25.7 Å². The van der Waals surface area contributed by atoms with E-state index in [1.54, 1.807) is 4.90 Å². The van der Waals surface area contributed by atoms with Gasteiger partial charge in [-0.2, -0.15) is 0 Å². The van der Waals surface area contributed by atoms with Gasteiger partial charge >= 0.3 is 0 Å². The van der Waals surface area contributed by atoms with Crippen LogP contribution in [-0.4, -0.2) is 12.5 Å². The van der Waals surface area contributed by atoms with Gasteiger partial charge in [-0.15, -0.1) is 0 Å². The van der Waals surface area contributed by atoms with Crippen molar-refractivity contribution in [3.05, 3.63) is 24.0 Å². The summed E-state index contributed by atoms with van der Waals surface area (Å²) in [6.45, 7) is 0.631. The number of carbonyl (C=O) groups is 1. The van der Waals surface area contributed by atoms with Gasteiger partial charge in [0.1, 0.15) is 5.82 Å². The lowest BCUT2D eigenvalue weighted by atomic mass is 10.2. The molecule has 1 fully saturated rings. The van der Waals surface area contributed by atoms with Crippen LogP contribution in [0.25, 0.3) is 0 Å². The Morgan fingerprint density at radius 2 is 2.06 bits per heavy atom. The Bertz CT molecular complexity index is 406. The van der Waals surface area contributed by atoms with Crippen molar-refractivity contribution in [1.29, 1.82) is 0 Å². The van der Waals surface area contributed by atoms with Crippen molar-refractivity contribution >= 4 is 17.3 Å². The second-order valence-electron chi connectivity index (χ2n) is 4.06. The highest BCUT2D eigenvalue weighted by Gasteiger charge is 2.20. The third kappa shape index (κ3) is 2.15. The van der Waals surface area contributed by atoms with Crippen LogP contribution >= 0.6 is 0 Å². The van der Waals surface area contributed by atoms with Gasteiger partial charge in [0, 0.05) is 13.0 Å². The quantitative estimate of drug-likeness (QED) is 0.741. The van der Waals surface area contributed by atoms with Gasteiger partial charge in [0.25, 0.3) is 0 Å². The van der Waals surface area contributed by atoms with Gasteiger partial charge in [-0.25, -0.2) is 4.39 Å². The average Bonchev–Trinajstić information content (AvgIpc) is 2.47. The van der Waals surface area contributed by atoms with Gasteiger partial charge in [0.15, 0.2) is 0 Å². The Hall–Kier alpha value is -1.58. The van der Waals surface area contributed by atoms with Crippen LogP contribution in [0, 0.1) is 5.82 Å². The molecule has 1 aromatic carbocycles. The maximum atomic E-state index is 13.1. The minimum Gasteiger partial charge on any atom is -0.397 e. The third-order valence-electron chi connectivity index (χ3n) is 2.86. The standard InChI is InChI=1S/C12H15FN2O/c13-9-5-6-10(14)11(8-9)15-7-3-1-2-4-12(15)16/h5-6,8H,1-4,7,14H2. The van der Waals surface area contributed by atoms with Crippen LogP contribution in [0.15, 0.2) is 18.2 Å². The molecule has 0 saturated carbocycles. The number of benzene rings is 1. The lowest BCUT2D eigenvalue weighted by molar-refractivity contribution is -0.118. The van der Waals surface area contributed by atoms with Gasteiger partial charge < -0.3 is 10.6 Å². The van der Waals surface area contributed by atoms with Crippen LogP contribution in [0.4, 0.5) is 15.8 Å². The molecule has 0 radical (unpaired) electrons. The van der Waals surface area contributed by atoms with Gasteiger partial charge in [-0.3, -0.25) is 4.79 Å². The summed E-state index contributed by atoms with van der Waals surface area (Å²) in [4.78, 5) is 13.4. The molecule has 0 aromatic heterocycles. The highest BCUT2D eigenvalue weighted by molar-refractivity contribution is 5.96. The third-order valence-corrected chi connectivity index (χ3v) is 2.86. The molecule has 3 nitrogen and oxygen atoms in total. The van der Waals surface area contributed by atoms with E-state index in [4.69, 9.17) is 5.73 Å². The number of hydrogen-bond donors (Lipinski definition) is 1. The van der Waals surface area contributed by atoms with Crippen LogP contribution in [-0.2, 0) is 4.79 Å². The summed E-state index contributed by atoms with van der Waals surface area (Å²) >= 11 is 0. The number of carbonyl (C=O) groups excluding carboxylic acids is 1. The number of nitrogen functional groups attached to an aromatic ring is 1. The first-order chi connectivity index (χ1) is 7.68. The maximum absolute atomic E-state index is 13.1. The summed E-state index contributed by atoms with van der Waals surface area (Å²) in [5.41, 5.74) is 6.73. The SMILES string of the molecule is Nc1ccc(F)cc1N1CCCCCC1=O. The Labute approximate surface area is 94.0 Å². The van der Waals surface area contributed by atoms with Crippen LogP contribution in [0.3, 0.4) is 0 Å². The lowest BCUT2D eigenvalue weighted by Crippen LogP contribution is -2.30. The molecular weight excluding hydrogens is 207 g/mol. The molecule has 16 heavy (non-hydrogen) atoms. The summed E-state index contributed by atoms with van der Waals surface area (Å²) in [5, 5.41) is 0. The molecule has 1 amide bonds. The van der Waals surface area contributed by atoms with E-state index in [0.29, 0.717) is 24.3 Å². The lowest BCUT2D eigenvalue weighted by Gasteiger charge is -2.22. The zero-order valence-electron chi connectivity index (χ0n) is 9.08. The molecule has 2 rings (SSSR count). The van der Waals surface area contributed by atoms with Crippen LogP contribution in [0.1, 0.15) is 25.7 Å². The van der Waals surface area contributed by atoms with Crippen LogP contribution in [0.5, 0.6) is 0 Å². The Balaban J connectivity index is 2.33. The fourth-order valence-corrected chi connectivity index (χ4v) is 1.99. The summed E-state index contributed by atoms with van der Waals surface area (Å²) in [6, 6.07) is 4.14. The van der Waals surface area contributed by atoms with E-state index < -0.39 is 0 Å². The van der Waals surface area contributed by atoms with E-state index >= 15 is 0 Å². The Morgan fingerprint density at radius 1 is 1.25 bits per heavy atom. The van der Waals surface area contributed by atoms with E-state index in [2.05, 4.69) is 0 Å². The predicted octanol–water partition coefficient (Wildman–Crippen LogP) is 2.31. The zero-order chi connectivity index (χ0) is 11.5. The van der Waals surface area contributed by atoms with Crippen molar-refractivity contribution in [3.8, 4) is 0 Å². The van der Waals surface area contributed by atoms with Gasteiger partial charge in [0.2, 0.25) is 5.91 Å². The second-order valence-corrected chi connectivity index (χ2v) is 4.06. The highest BCUT2D eigenvalue weighted by atomic mass is 19.1. The van der Waals surface area contributed by atoms with Crippen molar-refractivity contribution in [1.82, 2.24) is 0 Å². The first-order valence-electron chi connectivity index (χ1n) is 5.54. The van der Waals surface area contributed by atoms with Crippen LogP contribution in [0.2, 0.25) is 0 Å². The van der Waals surface area contributed by atoms with Crippen molar-refractivity contribution in [2.24, 2.45) is 0 Å². The summed E-state index contributed by atoms with van der Waals surface area (Å²) in [6.07, 6.45) is 3.42. The van der Waals surface area contributed by atoms with Crippen molar-refractivity contribution < 1.29 is 9.18 Å². The normalized spacial score (nSPS) is 17.3. The fraction of sp³-hybridized carbons (Fsp3) is 0.417. The van der Waals surface area contributed by atoms with E-state index in [1.165, 1.54) is 18.2 Å². The minimum absolute atomic E-state index is 0.0369.